The predicted molar refractivity (Wildman–Crippen MR) is 71.8 cm³/mol. The number of nitrogens with zero attached hydrogens (tertiary/aromatic N) is 2. The van der Waals surface area contributed by atoms with Crippen LogP contribution in [-0.2, 0) is 20.8 Å². The molecule has 1 heterocycles. The highest BCUT2D eigenvalue weighted by atomic mass is 16.5. The molecular weight excluding hydrogens is 246 g/mol. The van der Waals surface area contributed by atoms with E-state index in [1.54, 1.807) is 13.3 Å². The summed E-state index contributed by atoms with van der Waals surface area (Å²) in [6.07, 6.45) is 4.20. The number of imidazole rings is 1. The average Bonchev–Trinajstić information content (AvgIpc) is 2.84. The van der Waals surface area contributed by atoms with Gasteiger partial charge in [0.25, 0.3) is 0 Å². The molecule has 0 fully saturated rings. The monoisotopic (exact) mass is 269 g/mol. The lowest BCUT2D eigenvalue weighted by Crippen LogP contribution is -2.26. The Balaban J connectivity index is 2.65. The zero-order chi connectivity index (χ0) is 14.1. The molecule has 1 N–H and O–H groups in total. The topological polar surface area (TPSA) is 65.4 Å². The number of methoxy groups -OCH3 is 1. The summed E-state index contributed by atoms with van der Waals surface area (Å²) in [7, 11) is 1.66. The third-order valence-corrected chi connectivity index (χ3v) is 2.80. The van der Waals surface area contributed by atoms with Gasteiger partial charge in [0, 0.05) is 26.0 Å². The number of rotatable bonds is 9. The Morgan fingerprint density at radius 2 is 2.32 bits per heavy atom. The third-order valence-electron chi connectivity index (χ3n) is 2.80. The number of ether oxygens (including phenoxy) is 2. The summed E-state index contributed by atoms with van der Waals surface area (Å²) in [6, 6.07) is -0.304. The number of hydrogen-bond acceptors (Lipinski definition) is 5. The van der Waals surface area contributed by atoms with Crippen LogP contribution in [-0.4, -0.2) is 42.4 Å². The van der Waals surface area contributed by atoms with Gasteiger partial charge in [-0.1, -0.05) is 6.92 Å². The van der Waals surface area contributed by atoms with Crippen LogP contribution in [0.5, 0.6) is 0 Å². The van der Waals surface area contributed by atoms with Crippen LogP contribution in [0.4, 0.5) is 0 Å². The molecule has 1 aromatic rings. The Bertz CT molecular complexity index is 379. The number of esters is 1. The first-order valence-corrected chi connectivity index (χ1v) is 6.62. The Labute approximate surface area is 114 Å². The van der Waals surface area contributed by atoms with E-state index in [-0.39, 0.29) is 12.0 Å². The second-order valence-corrected chi connectivity index (χ2v) is 4.10. The number of carbonyl (C=O) groups excluding carboxylic acids is 1. The summed E-state index contributed by atoms with van der Waals surface area (Å²) in [6.45, 7) is 6.17. The van der Waals surface area contributed by atoms with Gasteiger partial charge < -0.3 is 19.4 Å². The average molecular weight is 269 g/mol. The summed E-state index contributed by atoms with van der Waals surface area (Å²) in [5, 5.41) is 3.22. The molecular formula is C13H23N3O3. The molecule has 0 saturated heterocycles. The zero-order valence-corrected chi connectivity index (χ0v) is 11.9. The van der Waals surface area contributed by atoms with Crippen molar-refractivity contribution in [2.75, 3.05) is 26.9 Å². The minimum absolute atomic E-state index is 0.207. The Morgan fingerprint density at radius 1 is 1.53 bits per heavy atom. The highest BCUT2D eigenvalue weighted by Gasteiger charge is 2.21. The SMILES string of the molecule is CCOC(=O)C(CC)n1ccnc1CNCCOC. The van der Waals surface area contributed by atoms with E-state index in [9.17, 15) is 4.79 Å². The molecule has 0 spiro atoms. The lowest BCUT2D eigenvalue weighted by molar-refractivity contribution is -0.147. The third kappa shape index (κ3) is 4.65. The van der Waals surface area contributed by atoms with Crippen molar-refractivity contribution in [1.82, 2.24) is 14.9 Å². The van der Waals surface area contributed by atoms with E-state index in [0.717, 1.165) is 12.4 Å². The van der Waals surface area contributed by atoms with Crippen LogP contribution in [0.25, 0.3) is 0 Å². The van der Waals surface area contributed by atoms with Crippen molar-refractivity contribution in [2.45, 2.75) is 32.9 Å². The predicted octanol–water partition coefficient (Wildman–Crippen LogP) is 1.13. The first-order chi connectivity index (χ1) is 9.24. The molecule has 0 aliphatic rings. The van der Waals surface area contributed by atoms with Crippen molar-refractivity contribution in [3.8, 4) is 0 Å². The van der Waals surface area contributed by atoms with Gasteiger partial charge in [-0.2, -0.15) is 0 Å². The van der Waals surface area contributed by atoms with E-state index in [1.165, 1.54) is 0 Å². The molecule has 1 rings (SSSR count). The molecule has 1 unspecified atom stereocenters. The van der Waals surface area contributed by atoms with E-state index in [2.05, 4.69) is 10.3 Å². The van der Waals surface area contributed by atoms with Crippen molar-refractivity contribution in [1.29, 1.82) is 0 Å². The molecule has 0 saturated carbocycles. The van der Waals surface area contributed by atoms with Crippen molar-refractivity contribution < 1.29 is 14.3 Å². The minimum atomic E-state index is -0.304. The van der Waals surface area contributed by atoms with Gasteiger partial charge in [-0.3, -0.25) is 0 Å². The van der Waals surface area contributed by atoms with Crippen LogP contribution in [0.1, 0.15) is 32.1 Å². The normalized spacial score (nSPS) is 12.4. The molecule has 0 aliphatic carbocycles. The van der Waals surface area contributed by atoms with Gasteiger partial charge >= 0.3 is 5.97 Å². The highest BCUT2D eigenvalue weighted by molar-refractivity contribution is 5.74. The van der Waals surface area contributed by atoms with E-state index >= 15 is 0 Å². The largest absolute Gasteiger partial charge is 0.464 e. The number of hydrogen-bond donors (Lipinski definition) is 1. The summed E-state index contributed by atoms with van der Waals surface area (Å²) in [4.78, 5) is 16.2. The quantitative estimate of drug-likeness (QED) is 0.538. The molecule has 1 atom stereocenters. The summed E-state index contributed by atoms with van der Waals surface area (Å²) >= 11 is 0. The van der Waals surface area contributed by atoms with Crippen LogP contribution in [0.2, 0.25) is 0 Å². The number of nitrogens with one attached hydrogen (secondary N) is 1. The maximum atomic E-state index is 11.9. The number of carbonyl (C=O) groups is 1. The first-order valence-electron chi connectivity index (χ1n) is 6.62. The van der Waals surface area contributed by atoms with Crippen LogP contribution in [0.3, 0.4) is 0 Å². The molecule has 0 aromatic carbocycles. The summed E-state index contributed by atoms with van der Waals surface area (Å²) in [5.41, 5.74) is 0. The second kappa shape index (κ2) is 8.66. The van der Waals surface area contributed by atoms with E-state index in [0.29, 0.717) is 26.2 Å². The van der Waals surface area contributed by atoms with Crippen molar-refractivity contribution in [3.63, 3.8) is 0 Å². The minimum Gasteiger partial charge on any atom is -0.464 e. The van der Waals surface area contributed by atoms with Crippen molar-refractivity contribution in [2.24, 2.45) is 0 Å². The van der Waals surface area contributed by atoms with Gasteiger partial charge in [-0.15, -0.1) is 0 Å². The Hall–Kier alpha value is -1.40. The van der Waals surface area contributed by atoms with Crippen LogP contribution < -0.4 is 5.32 Å². The van der Waals surface area contributed by atoms with Crippen LogP contribution in [0.15, 0.2) is 12.4 Å². The van der Waals surface area contributed by atoms with Crippen LogP contribution in [0, 0.1) is 0 Å². The van der Waals surface area contributed by atoms with Gasteiger partial charge in [0.05, 0.1) is 19.8 Å². The lowest BCUT2D eigenvalue weighted by atomic mass is 10.2. The summed E-state index contributed by atoms with van der Waals surface area (Å²) < 4.78 is 11.9. The maximum Gasteiger partial charge on any atom is 0.329 e. The molecule has 19 heavy (non-hydrogen) atoms. The standard InChI is InChI=1S/C13H23N3O3/c1-4-11(13(17)19-5-2)16-8-6-15-12(16)10-14-7-9-18-3/h6,8,11,14H,4-5,7,9-10H2,1-3H3. The second-order valence-electron chi connectivity index (χ2n) is 4.10. The van der Waals surface area contributed by atoms with E-state index in [1.807, 2.05) is 24.6 Å². The zero-order valence-electron chi connectivity index (χ0n) is 11.9. The van der Waals surface area contributed by atoms with Gasteiger partial charge in [0.15, 0.2) is 0 Å². The molecule has 6 heteroatoms. The summed E-state index contributed by atoms with van der Waals surface area (Å²) in [5.74, 6) is 0.622. The highest BCUT2D eigenvalue weighted by Crippen LogP contribution is 2.15. The fourth-order valence-electron chi connectivity index (χ4n) is 1.85. The Kier molecular flexibility index (Phi) is 7.14. The van der Waals surface area contributed by atoms with Crippen molar-refractivity contribution >= 4 is 5.97 Å². The number of aromatic nitrogens is 2. The van der Waals surface area contributed by atoms with Gasteiger partial charge in [-0.25, -0.2) is 9.78 Å². The van der Waals surface area contributed by atoms with Gasteiger partial charge in [0.2, 0.25) is 0 Å². The van der Waals surface area contributed by atoms with E-state index < -0.39 is 0 Å². The lowest BCUT2D eigenvalue weighted by Gasteiger charge is -2.17. The van der Waals surface area contributed by atoms with Crippen molar-refractivity contribution in [3.05, 3.63) is 18.2 Å². The molecule has 108 valence electrons. The fourth-order valence-corrected chi connectivity index (χ4v) is 1.85. The van der Waals surface area contributed by atoms with Gasteiger partial charge in [0.1, 0.15) is 11.9 Å². The Morgan fingerprint density at radius 3 is 2.95 bits per heavy atom. The molecule has 6 nitrogen and oxygen atoms in total. The molecule has 0 bridgehead atoms. The molecule has 0 aliphatic heterocycles. The fraction of sp³-hybridized carbons (Fsp3) is 0.692. The molecule has 0 amide bonds. The first kappa shape index (κ1) is 15.7. The van der Waals surface area contributed by atoms with Gasteiger partial charge in [-0.05, 0) is 13.3 Å². The molecule has 0 radical (unpaired) electrons. The molecule has 1 aromatic heterocycles. The van der Waals surface area contributed by atoms with E-state index in [4.69, 9.17) is 9.47 Å². The maximum absolute atomic E-state index is 11.9. The smallest absolute Gasteiger partial charge is 0.329 e. The van der Waals surface area contributed by atoms with Crippen LogP contribution >= 0.6 is 0 Å².